The Hall–Kier alpha value is -2.55. The van der Waals surface area contributed by atoms with Gasteiger partial charge in [-0.1, -0.05) is 56.3 Å². The van der Waals surface area contributed by atoms with Crippen LogP contribution in [0.15, 0.2) is 54.6 Å². The molecule has 0 amide bonds. The number of carbonyl (C=O) groups excluding carboxylic acids is 1. The van der Waals surface area contributed by atoms with Crippen LogP contribution >= 0.6 is 7.82 Å². The summed E-state index contributed by atoms with van der Waals surface area (Å²) in [6.07, 6.45) is 1.78. The summed E-state index contributed by atoms with van der Waals surface area (Å²) in [5, 5.41) is 16.4. The van der Waals surface area contributed by atoms with E-state index in [1.807, 2.05) is 51.1 Å². The van der Waals surface area contributed by atoms with Crippen molar-refractivity contribution in [2.24, 2.45) is 0 Å². The molecule has 0 bridgehead atoms. The van der Waals surface area contributed by atoms with Crippen molar-refractivity contribution in [2.75, 3.05) is 0 Å². The number of carboxylic acid groups (broad SMARTS) is 1. The Bertz CT molecular complexity index is 1040. The zero-order valence-electron chi connectivity index (χ0n) is 21.2. The van der Waals surface area contributed by atoms with Crippen molar-refractivity contribution in [3.8, 4) is 5.75 Å². The lowest BCUT2D eigenvalue weighted by Gasteiger charge is -2.36. The van der Waals surface area contributed by atoms with Crippen LogP contribution in [0.5, 0.6) is 5.75 Å². The average Bonchev–Trinajstić information content (AvgIpc) is 2.83. The molecule has 0 heterocycles. The van der Waals surface area contributed by atoms with Gasteiger partial charge in [-0.15, -0.1) is 0 Å². The van der Waals surface area contributed by atoms with Crippen LogP contribution in [-0.4, -0.2) is 50.3 Å². The van der Waals surface area contributed by atoms with E-state index in [4.69, 9.17) is 9.79 Å². The Morgan fingerprint density at radius 1 is 0.972 bits per heavy atom. The molecular formula is C26H37N2O7P. The van der Waals surface area contributed by atoms with Crippen molar-refractivity contribution in [1.82, 2.24) is 10.6 Å². The SMILES string of the molecule is CCC(C)NC(Cc1ccccc1)C(=O)C(C)(CC)NC(Cc1ccc(OP(=O)(O)O)cc1)C(=O)O. The van der Waals surface area contributed by atoms with Gasteiger partial charge in [0.25, 0.3) is 0 Å². The van der Waals surface area contributed by atoms with Gasteiger partial charge in [0.1, 0.15) is 11.8 Å². The molecule has 2 aromatic rings. The lowest BCUT2D eigenvalue weighted by Crippen LogP contribution is -2.62. The van der Waals surface area contributed by atoms with E-state index < -0.39 is 31.4 Å². The number of carboxylic acids is 1. The molecule has 4 unspecified atom stereocenters. The van der Waals surface area contributed by atoms with E-state index in [1.54, 1.807) is 6.92 Å². The maximum Gasteiger partial charge on any atom is 0.524 e. The van der Waals surface area contributed by atoms with Gasteiger partial charge in [0, 0.05) is 6.04 Å². The van der Waals surface area contributed by atoms with Crippen LogP contribution in [-0.2, 0) is 27.0 Å². The van der Waals surface area contributed by atoms with Gasteiger partial charge in [-0.25, -0.2) is 4.57 Å². The topological polar surface area (TPSA) is 145 Å². The first-order chi connectivity index (χ1) is 16.9. The highest BCUT2D eigenvalue weighted by Crippen LogP contribution is 2.37. The minimum absolute atomic E-state index is 0.0274. The highest BCUT2D eigenvalue weighted by molar-refractivity contribution is 7.46. The average molecular weight is 521 g/mol. The smallest absolute Gasteiger partial charge is 0.480 e. The first-order valence-electron chi connectivity index (χ1n) is 12.1. The fourth-order valence-electron chi connectivity index (χ4n) is 3.91. The van der Waals surface area contributed by atoms with Crippen LogP contribution in [0, 0.1) is 0 Å². The van der Waals surface area contributed by atoms with Gasteiger partial charge in [0.15, 0.2) is 5.78 Å². The summed E-state index contributed by atoms with van der Waals surface area (Å²) < 4.78 is 15.5. The molecule has 10 heteroatoms. The van der Waals surface area contributed by atoms with Gasteiger partial charge in [0.05, 0.1) is 11.6 Å². The second-order valence-corrected chi connectivity index (χ2v) is 10.4. The number of carbonyl (C=O) groups is 2. The largest absolute Gasteiger partial charge is 0.524 e. The van der Waals surface area contributed by atoms with Crippen LogP contribution in [0.25, 0.3) is 0 Å². The molecule has 0 aromatic heterocycles. The number of phosphoric acid groups is 1. The second kappa shape index (κ2) is 13.1. The molecule has 2 rings (SSSR count). The Labute approximate surface area is 212 Å². The highest BCUT2D eigenvalue weighted by Gasteiger charge is 2.39. The summed E-state index contributed by atoms with van der Waals surface area (Å²) in [5.74, 6) is -1.24. The Morgan fingerprint density at radius 3 is 2.03 bits per heavy atom. The number of aliphatic carboxylic acids is 1. The van der Waals surface area contributed by atoms with Crippen molar-refractivity contribution < 1.29 is 33.6 Å². The van der Waals surface area contributed by atoms with Crippen LogP contribution < -0.4 is 15.2 Å². The van der Waals surface area contributed by atoms with Crippen molar-refractivity contribution in [3.63, 3.8) is 0 Å². The minimum atomic E-state index is -4.69. The van der Waals surface area contributed by atoms with Crippen LogP contribution in [0.4, 0.5) is 0 Å². The van der Waals surface area contributed by atoms with E-state index in [0.717, 1.165) is 12.0 Å². The molecular weight excluding hydrogens is 483 g/mol. The molecule has 4 atom stereocenters. The number of rotatable bonds is 15. The predicted molar refractivity (Wildman–Crippen MR) is 138 cm³/mol. The summed E-state index contributed by atoms with van der Waals surface area (Å²) in [6, 6.07) is 14.0. The molecule has 2 aromatic carbocycles. The van der Waals surface area contributed by atoms with Crippen LogP contribution in [0.2, 0.25) is 0 Å². The van der Waals surface area contributed by atoms with Gasteiger partial charge < -0.3 is 14.9 Å². The number of hydrogen-bond donors (Lipinski definition) is 5. The summed E-state index contributed by atoms with van der Waals surface area (Å²) >= 11 is 0. The predicted octanol–water partition coefficient (Wildman–Crippen LogP) is 3.48. The monoisotopic (exact) mass is 520 g/mol. The summed E-state index contributed by atoms with van der Waals surface area (Å²) in [4.78, 5) is 43.8. The van der Waals surface area contributed by atoms with Crippen molar-refractivity contribution in [3.05, 3.63) is 65.7 Å². The number of benzene rings is 2. The fraction of sp³-hybridized carbons (Fsp3) is 0.462. The van der Waals surface area contributed by atoms with Crippen molar-refractivity contribution in [2.45, 2.75) is 77.0 Å². The van der Waals surface area contributed by atoms with Gasteiger partial charge in [-0.3, -0.25) is 24.7 Å². The number of Topliss-reactive ketones (excluding diaryl/α,β-unsaturated/α-hetero) is 1. The third kappa shape index (κ3) is 9.15. The molecule has 0 aliphatic rings. The minimum Gasteiger partial charge on any atom is -0.480 e. The van der Waals surface area contributed by atoms with Crippen molar-refractivity contribution >= 4 is 19.6 Å². The molecule has 9 nitrogen and oxygen atoms in total. The second-order valence-electron chi connectivity index (χ2n) is 9.23. The molecule has 0 saturated carbocycles. The van der Waals surface area contributed by atoms with Crippen LogP contribution in [0.1, 0.15) is 51.7 Å². The van der Waals surface area contributed by atoms with E-state index >= 15 is 0 Å². The number of nitrogens with one attached hydrogen (secondary N) is 2. The van der Waals surface area contributed by atoms with E-state index in [1.165, 1.54) is 24.3 Å². The van der Waals surface area contributed by atoms with Gasteiger partial charge in [-0.05, 0) is 62.8 Å². The molecule has 0 fully saturated rings. The van der Waals surface area contributed by atoms with Gasteiger partial charge in [0.2, 0.25) is 0 Å². The van der Waals surface area contributed by atoms with E-state index in [-0.39, 0.29) is 24.0 Å². The molecule has 0 spiro atoms. The zero-order valence-corrected chi connectivity index (χ0v) is 22.1. The molecule has 0 aliphatic carbocycles. The molecule has 36 heavy (non-hydrogen) atoms. The van der Waals surface area contributed by atoms with Gasteiger partial charge >= 0.3 is 13.8 Å². The normalized spacial score (nSPS) is 15.9. The van der Waals surface area contributed by atoms with E-state index in [0.29, 0.717) is 18.4 Å². The third-order valence-electron chi connectivity index (χ3n) is 6.33. The number of phosphoric ester groups is 1. The molecule has 198 valence electrons. The Kier molecular flexibility index (Phi) is 10.8. The first kappa shape index (κ1) is 29.7. The highest BCUT2D eigenvalue weighted by atomic mass is 31.2. The van der Waals surface area contributed by atoms with E-state index in [2.05, 4.69) is 15.2 Å². The summed E-state index contributed by atoms with van der Waals surface area (Å²) in [6.45, 7) is 7.64. The maximum atomic E-state index is 13.8. The fourth-order valence-corrected chi connectivity index (χ4v) is 4.31. The molecule has 5 N–H and O–H groups in total. The van der Waals surface area contributed by atoms with Crippen LogP contribution in [0.3, 0.4) is 0 Å². The van der Waals surface area contributed by atoms with Gasteiger partial charge in [-0.2, -0.15) is 0 Å². The standard InChI is InChI=1S/C26H37N2O7P/c1-5-18(3)27-22(16-19-10-8-7-9-11-19)24(29)26(4,6-2)28-23(25(30)31)17-20-12-14-21(15-13-20)35-36(32,33)34/h7-15,18,22-23,27-28H,5-6,16-17H2,1-4H3,(H,30,31)(H2,32,33,34). The van der Waals surface area contributed by atoms with Crippen molar-refractivity contribution in [1.29, 1.82) is 0 Å². The lowest BCUT2D eigenvalue weighted by atomic mass is 9.84. The molecule has 0 aliphatic heterocycles. The molecule has 0 saturated heterocycles. The lowest BCUT2D eigenvalue weighted by molar-refractivity contribution is -0.140. The summed E-state index contributed by atoms with van der Waals surface area (Å²) in [7, 11) is -4.69. The number of hydrogen-bond acceptors (Lipinski definition) is 6. The zero-order chi connectivity index (χ0) is 26.9. The maximum absolute atomic E-state index is 13.8. The third-order valence-corrected chi connectivity index (χ3v) is 6.78. The summed E-state index contributed by atoms with van der Waals surface area (Å²) in [5.41, 5.74) is 0.516. The molecule has 0 radical (unpaired) electrons. The van der Waals surface area contributed by atoms with E-state index in [9.17, 15) is 19.3 Å². The Morgan fingerprint density at radius 2 is 1.53 bits per heavy atom. The Balaban J connectivity index is 2.23. The quantitative estimate of drug-likeness (QED) is 0.223. The first-order valence-corrected chi connectivity index (χ1v) is 13.6. The number of ketones is 1.